The van der Waals surface area contributed by atoms with Crippen molar-refractivity contribution >= 4 is 38.9 Å². The number of rotatable bonds is 7. The van der Waals surface area contributed by atoms with Gasteiger partial charge in [0.25, 0.3) is 5.91 Å². The molecule has 2 N–H and O–H groups in total. The van der Waals surface area contributed by atoms with Crippen LogP contribution in [0.2, 0.25) is 5.02 Å². The van der Waals surface area contributed by atoms with Gasteiger partial charge in [0.05, 0.1) is 0 Å². The van der Waals surface area contributed by atoms with Gasteiger partial charge in [-0.2, -0.15) is 0 Å². The van der Waals surface area contributed by atoms with Crippen molar-refractivity contribution in [2.45, 2.75) is 51.7 Å². The Morgan fingerprint density at radius 2 is 2.18 bits per heavy atom. The Balaban J connectivity index is 2.13. The molecule has 2 unspecified atom stereocenters. The van der Waals surface area contributed by atoms with Gasteiger partial charge in [0.15, 0.2) is 6.10 Å². The molecule has 0 saturated carbocycles. The average Bonchev–Trinajstić information content (AvgIpc) is 2.93. The van der Waals surface area contributed by atoms with Crippen LogP contribution in [0.1, 0.15) is 51.2 Å². The highest BCUT2D eigenvalue weighted by Crippen LogP contribution is 2.32. The lowest BCUT2D eigenvalue weighted by molar-refractivity contribution is -0.130. The fraction of sp³-hybridized carbons (Fsp3) is 0.471. The number of unbranched alkanes of at least 4 members (excludes halogenated alkanes) is 1. The van der Waals surface area contributed by atoms with Crippen LogP contribution in [0.25, 0.3) is 10.1 Å². The third-order valence-electron chi connectivity index (χ3n) is 3.85. The van der Waals surface area contributed by atoms with Crippen LogP contribution in [-0.2, 0) is 4.79 Å². The zero-order chi connectivity index (χ0) is 16.1. The molecule has 120 valence electrons. The summed E-state index contributed by atoms with van der Waals surface area (Å²) >= 11 is 7.53. The third-order valence-corrected chi connectivity index (χ3v) is 5.07. The molecular formula is C17H22ClNO2S. The van der Waals surface area contributed by atoms with Crippen LogP contribution in [-0.4, -0.2) is 17.1 Å². The highest BCUT2D eigenvalue weighted by Gasteiger charge is 2.22. The SMILES string of the molecule is CCCCC(CC)NC(=O)C(O)c1csc2ccc(Cl)cc12. The predicted octanol–water partition coefficient (Wildman–Crippen LogP) is 4.67. The number of amides is 1. The molecule has 0 radical (unpaired) electrons. The maximum Gasteiger partial charge on any atom is 0.253 e. The minimum absolute atomic E-state index is 0.121. The summed E-state index contributed by atoms with van der Waals surface area (Å²) in [5, 5.41) is 16.6. The van der Waals surface area contributed by atoms with Crippen LogP contribution in [0.3, 0.4) is 0 Å². The molecule has 2 atom stereocenters. The Labute approximate surface area is 140 Å². The second-order valence-corrected chi connectivity index (χ2v) is 6.84. The molecule has 0 bridgehead atoms. The Morgan fingerprint density at radius 1 is 1.41 bits per heavy atom. The van der Waals surface area contributed by atoms with E-state index in [2.05, 4.69) is 12.2 Å². The minimum atomic E-state index is -1.15. The molecule has 3 nitrogen and oxygen atoms in total. The van der Waals surface area contributed by atoms with Gasteiger partial charge in [-0.05, 0) is 36.4 Å². The van der Waals surface area contributed by atoms with Crippen LogP contribution in [0.4, 0.5) is 0 Å². The van der Waals surface area contributed by atoms with Crippen LogP contribution in [0, 0.1) is 0 Å². The summed E-state index contributed by atoms with van der Waals surface area (Å²) in [5.74, 6) is -0.331. The molecule has 1 amide bonds. The molecule has 22 heavy (non-hydrogen) atoms. The fourth-order valence-electron chi connectivity index (χ4n) is 2.48. The maximum absolute atomic E-state index is 12.3. The van der Waals surface area contributed by atoms with Crippen LogP contribution in [0.5, 0.6) is 0 Å². The average molecular weight is 340 g/mol. The second-order valence-electron chi connectivity index (χ2n) is 5.49. The van der Waals surface area contributed by atoms with Crippen molar-refractivity contribution in [3.63, 3.8) is 0 Å². The standard InChI is InChI=1S/C17H22ClNO2S/c1-3-5-6-12(4-2)19-17(21)16(20)14-10-22-15-8-7-11(18)9-13(14)15/h7-10,12,16,20H,3-6H2,1-2H3,(H,19,21). The quantitative estimate of drug-likeness (QED) is 0.769. The molecule has 1 heterocycles. The number of hydrogen-bond donors (Lipinski definition) is 2. The number of carbonyl (C=O) groups is 1. The summed E-state index contributed by atoms with van der Waals surface area (Å²) in [7, 11) is 0. The lowest BCUT2D eigenvalue weighted by Gasteiger charge is -2.19. The van der Waals surface area contributed by atoms with E-state index in [0.29, 0.717) is 10.6 Å². The fourth-order valence-corrected chi connectivity index (χ4v) is 3.62. The van der Waals surface area contributed by atoms with Crippen LogP contribution >= 0.6 is 22.9 Å². The Bertz CT molecular complexity index is 641. The zero-order valence-corrected chi connectivity index (χ0v) is 14.5. The van der Waals surface area contributed by atoms with E-state index in [4.69, 9.17) is 11.6 Å². The number of thiophene rings is 1. The molecule has 0 aliphatic heterocycles. The lowest BCUT2D eigenvalue weighted by atomic mass is 10.0. The molecule has 0 spiro atoms. The van der Waals surface area contributed by atoms with Gasteiger partial charge in [0.1, 0.15) is 0 Å². The summed E-state index contributed by atoms with van der Waals surface area (Å²) in [4.78, 5) is 12.3. The Kier molecular flexibility index (Phi) is 6.24. The summed E-state index contributed by atoms with van der Waals surface area (Å²) in [6.45, 7) is 4.18. The minimum Gasteiger partial charge on any atom is -0.378 e. The Hall–Kier alpha value is -1.10. The van der Waals surface area contributed by atoms with Gasteiger partial charge in [0.2, 0.25) is 0 Å². The highest BCUT2D eigenvalue weighted by molar-refractivity contribution is 7.17. The maximum atomic E-state index is 12.3. The summed E-state index contributed by atoms with van der Waals surface area (Å²) in [5.41, 5.74) is 0.630. The summed E-state index contributed by atoms with van der Waals surface area (Å²) < 4.78 is 1.02. The van der Waals surface area contributed by atoms with Gasteiger partial charge in [0, 0.05) is 26.7 Å². The molecule has 0 aliphatic rings. The van der Waals surface area contributed by atoms with Gasteiger partial charge in [-0.1, -0.05) is 38.3 Å². The van der Waals surface area contributed by atoms with Crippen LogP contribution in [0.15, 0.2) is 23.6 Å². The highest BCUT2D eigenvalue weighted by atomic mass is 35.5. The molecule has 0 saturated heterocycles. The van der Waals surface area contributed by atoms with Gasteiger partial charge < -0.3 is 10.4 Å². The monoisotopic (exact) mass is 339 g/mol. The molecule has 0 fully saturated rings. The number of benzene rings is 1. The molecule has 1 aromatic heterocycles. The van der Waals surface area contributed by atoms with Gasteiger partial charge in [-0.3, -0.25) is 4.79 Å². The number of nitrogens with one attached hydrogen (secondary N) is 1. The van der Waals surface area contributed by atoms with E-state index in [1.54, 1.807) is 6.07 Å². The molecule has 2 aromatic rings. The third kappa shape index (κ3) is 4.00. The topological polar surface area (TPSA) is 49.3 Å². The number of aliphatic hydroxyl groups excluding tert-OH is 1. The number of hydrogen-bond acceptors (Lipinski definition) is 3. The lowest BCUT2D eigenvalue weighted by Crippen LogP contribution is -2.37. The molecule has 1 aromatic carbocycles. The predicted molar refractivity (Wildman–Crippen MR) is 93.5 cm³/mol. The largest absolute Gasteiger partial charge is 0.378 e. The van der Waals surface area contributed by atoms with Crippen molar-refractivity contribution < 1.29 is 9.90 Å². The van der Waals surface area contributed by atoms with Crippen LogP contribution < -0.4 is 5.32 Å². The first-order chi connectivity index (χ1) is 10.6. The van der Waals surface area contributed by atoms with Crippen molar-refractivity contribution in [1.29, 1.82) is 0 Å². The number of fused-ring (bicyclic) bond motifs is 1. The normalized spacial score (nSPS) is 14.0. The second kappa shape index (κ2) is 7.95. The Morgan fingerprint density at radius 3 is 2.86 bits per heavy atom. The van der Waals surface area contributed by atoms with E-state index in [-0.39, 0.29) is 11.9 Å². The van der Waals surface area contributed by atoms with Gasteiger partial charge in [-0.25, -0.2) is 0 Å². The molecule has 2 rings (SSSR count). The van der Waals surface area contributed by atoms with E-state index >= 15 is 0 Å². The van der Waals surface area contributed by atoms with Crippen molar-refractivity contribution in [1.82, 2.24) is 5.32 Å². The number of halogens is 1. The van der Waals surface area contributed by atoms with E-state index in [1.807, 2.05) is 24.4 Å². The first-order valence-corrected chi connectivity index (χ1v) is 8.97. The van der Waals surface area contributed by atoms with Crippen molar-refractivity contribution in [2.75, 3.05) is 0 Å². The van der Waals surface area contributed by atoms with Gasteiger partial charge in [-0.15, -0.1) is 11.3 Å². The van der Waals surface area contributed by atoms with E-state index in [1.165, 1.54) is 11.3 Å². The molecular weight excluding hydrogens is 318 g/mol. The van der Waals surface area contributed by atoms with E-state index < -0.39 is 6.10 Å². The van der Waals surface area contributed by atoms with E-state index in [0.717, 1.165) is 35.8 Å². The van der Waals surface area contributed by atoms with Gasteiger partial charge >= 0.3 is 0 Å². The van der Waals surface area contributed by atoms with Crippen molar-refractivity contribution in [3.05, 3.63) is 34.2 Å². The first-order valence-electron chi connectivity index (χ1n) is 7.71. The first kappa shape index (κ1) is 17.3. The molecule has 0 aliphatic carbocycles. The summed E-state index contributed by atoms with van der Waals surface area (Å²) in [6.07, 6.45) is 2.84. The number of aliphatic hydroxyl groups is 1. The smallest absolute Gasteiger partial charge is 0.253 e. The van der Waals surface area contributed by atoms with E-state index in [9.17, 15) is 9.90 Å². The zero-order valence-electron chi connectivity index (χ0n) is 12.9. The summed E-state index contributed by atoms with van der Waals surface area (Å²) in [6, 6.07) is 5.64. The number of carbonyl (C=O) groups excluding carboxylic acids is 1. The van der Waals surface area contributed by atoms with Crippen molar-refractivity contribution in [2.24, 2.45) is 0 Å². The molecule has 5 heteroatoms. The van der Waals surface area contributed by atoms with Crippen molar-refractivity contribution in [3.8, 4) is 0 Å².